The van der Waals surface area contributed by atoms with Crippen LogP contribution in [-0.2, 0) is 24.1 Å². The number of morpholine rings is 1. The molecule has 6 heteroatoms. The molecule has 172 valence electrons. The minimum absolute atomic E-state index is 0.207. The molecule has 1 fully saturated rings. The molecule has 2 aromatic rings. The summed E-state index contributed by atoms with van der Waals surface area (Å²) in [6.07, 6.45) is 8.29. The van der Waals surface area contributed by atoms with Crippen LogP contribution in [0.15, 0.2) is 22.5 Å². The molecule has 0 N–H and O–H groups in total. The number of ether oxygens (including phenoxy) is 2. The molecule has 32 heavy (non-hydrogen) atoms. The van der Waals surface area contributed by atoms with Crippen LogP contribution in [0.2, 0.25) is 0 Å². The zero-order chi connectivity index (χ0) is 21.9. The Morgan fingerprint density at radius 1 is 1.16 bits per heavy atom. The van der Waals surface area contributed by atoms with E-state index < -0.39 is 0 Å². The lowest BCUT2D eigenvalue weighted by atomic mass is 9.98. The lowest BCUT2D eigenvalue weighted by Gasteiger charge is -2.27. The molecule has 0 spiro atoms. The average Bonchev–Trinajstić information content (AvgIpc) is 3.51. The second-order valence-corrected chi connectivity index (χ2v) is 10.1. The summed E-state index contributed by atoms with van der Waals surface area (Å²) in [4.78, 5) is 16.3. The lowest BCUT2D eigenvalue weighted by molar-refractivity contribution is 0.0369. The Morgan fingerprint density at radius 3 is 2.81 bits per heavy atom. The molecule has 0 atom stereocenters. The summed E-state index contributed by atoms with van der Waals surface area (Å²) >= 11 is 1.82. The molecule has 0 radical (unpaired) electrons. The Kier molecular flexibility index (Phi) is 6.91. The van der Waals surface area contributed by atoms with E-state index in [1.54, 1.807) is 0 Å². The maximum Gasteiger partial charge on any atom is 0.197 e. The number of hydrogen-bond acceptors (Lipinski definition) is 5. The van der Waals surface area contributed by atoms with Crippen molar-refractivity contribution in [2.24, 2.45) is 0 Å². The highest BCUT2D eigenvalue weighted by atomic mass is 32.2. The second-order valence-electron chi connectivity index (χ2n) is 9.07. The highest BCUT2D eigenvalue weighted by Gasteiger charge is 2.24. The van der Waals surface area contributed by atoms with Crippen LogP contribution in [-0.4, -0.2) is 54.7 Å². The minimum atomic E-state index is 0.207. The van der Waals surface area contributed by atoms with Crippen molar-refractivity contribution in [2.45, 2.75) is 52.0 Å². The fourth-order valence-electron chi connectivity index (χ4n) is 5.25. The van der Waals surface area contributed by atoms with Gasteiger partial charge in [-0.2, -0.15) is 0 Å². The van der Waals surface area contributed by atoms with Gasteiger partial charge >= 0.3 is 0 Å². The number of thioether (sulfide) groups is 1. The van der Waals surface area contributed by atoms with Crippen LogP contribution in [0.1, 0.15) is 49.3 Å². The SMILES string of the molecule is CCCOc1cc2c(c3c(=O)c(C4=CSCC4)cn(CCCN4CCOCC4)c13)CCC2. The van der Waals surface area contributed by atoms with E-state index in [1.165, 1.54) is 16.7 Å². The normalized spacial score (nSPS) is 18.8. The van der Waals surface area contributed by atoms with E-state index in [4.69, 9.17) is 9.47 Å². The van der Waals surface area contributed by atoms with Crippen LogP contribution in [0.3, 0.4) is 0 Å². The molecule has 5 nitrogen and oxygen atoms in total. The van der Waals surface area contributed by atoms with Gasteiger partial charge in [0.05, 0.1) is 30.7 Å². The van der Waals surface area contributed by atoms with E-state index in [0.29, 0.717) is 6.61 Å². The zero-order valence-electron chi connectivity index (χ0n) is 19.2. The number of benzene rings is 1. The predicted octanol–water partition coefficient (Wildman–Crippen LogP) is 4.48. The van der Waals surface area contributed by atoms with Gasteiger partial charge in [0, 0.05) is 43.7 Å². The number of allylic oxidation sites excluding steroid dienone is 1. The molecule has 1 saturated heterocycles. The largest absolute Gasteiger partial charge is 0.491 e. The highest BCUT2D eigenvalue weighted by molar-refractivity contribution is 8.02. The van der Waals surface area contributed by atoms with Crippen molar-refractivity contribution in [2.75, 3.05) is 45.2 Å². The number of hydrogen-bond donors (Lipinski definition) is 0. The summed E-state index contributed by atoms with van der Waals surface area (Å²) < 4.78 is 14.1. The van der Waals surface area contributed by atoms with Crippen molar-refractivity contribution in [1.82, 2.24) is 9.47 Å². The molecule has 0 saturated carbocycles. The van der Waals surface area contributed by atoms with Crippen LogP contribution < -0.4 is 10.2 Å². The first-order chi connectivity index (χ1) is 15.8. The van der Waals surface area contributed by atoms with E-state index in [-0.39, 0.29) is 5.43 Å². The van der Waals surface area contributed by atoms with Gasteiger partial charge in [-0.1, -0.05) is 6.92 Å². The number of pyridine rings is 1. The minimum Gasteiger partial charge on any atom is -0.491 e. The predicted molar refractivity (Wildman–Crippen MR) is 133 cm³/mol. The second kappa shape index (κ2) is 10.0. The van der Waals surface area contributed by atoms with Gasteiger partial charge in [-0.25, -0.2) is 0 Å². The van der Waals surface area contributed by atoms with Crippen LogP contribution in [0, 0.1) is 0 Å². The summed E-state index contributed by atoms with van der Waals surface area (Å²) in [5.74, 6) is 1.97. The topological polar surface area (TPSA) is 43.7 Å². The Bertz CT molecular complexity index is 1070. The zero-order valence-corrected chi connectivity index (χ0v) is 20.0. The first kappa shape index (κ1) is 22.1. The average molecular weight is 455 g/mol. The van der Waals surface area contributed by atoms with Crippen molar-refractivity contribution in [3.63, 3.8) is 0 Å². The van der Waals surface area contributed by atoms with Gasteiger partial charge in [-0.05, 0) is 66.7 Å². The van der Waals surface area contributed by atoms with Crippen LogP contribution in [0.5, 0.6) is 5.75 Å². The molecule has 0 amide bonds. The van der Waals surface area contributed by atoms with E-state index in [9.17, 15) is 4.79 Å². The van der Waals surface area contributed by atoms with Gasteiger partial charge in [-0.15, -0.1) is 11.8 Å². The third-order valence-electron chi connectivity index (χ3n) is 6.88. The first-order valence-corrected chi connectivity index (χ1v) is 13.3. The third-order valence-corrected chi connectivity index (χ3v) is 7.77. The smallest absolute Gasteiger partial charge is 0.197 e. The maximum absolute atomic E-state index is 13.8. The maximum atomic E-state index is 13.8. The fraction of sp³-hybridized carbons (Fsp3) is 0.577. The first-order valence-electron chi connectivity index (χ1n) is 12.2. The Labute approximate surface area is 194 Å². The van der Waals surface area contributed by atoms with Gasteiger partial charge in [0.2, 0.25) is 0 Å². The molecule has 1 aliphatic carbocycles. The van der Waals surface area contributed by atoms with Crippen LogP contribution >= 0.6 is 11.8 Å². The van der Waals surface area contributed by atoms with Gasteiger partial charge in [0.25, 0.3) is 0 Å². The van der Waals surface area contributed by atoms with Gasteiger partial charge in [0.1, 0.15) is 5.75 Å². The summed E-state index contributed by atoms with van der Waals surface area (Å²) in [7, 11) is 0. The molecule has 5 rings (SSSR count). The number of rotatable bonds is 8. The quantitative estimate of drug-likeness (QED) is 0.588. The lowest BCUT2D eigenvalue weighted by Crippen LogP contribution is -2.37. The van der Waals surface area contributed by atoms with Crippen LogP contribution in [0.25, 0.3) is 16.5 Å². The Morgan fingerprint density at radius 2 is 2.03 bits per heavy atom. The van der Waals surface area contributed by atoms with E-state index in [1.807, 2.05) is 11.8 Å². The number of aromatic nitrogens is 1. The fourth-order valence-corrected chi connectivity index (χ4v) is 6.15. The molecule has 0 bridgehead atoms. The highest BCUT2D eigenvalue weighted by Crippen LogP contribution is 2.37. The Hall–Kier alpha value is -1.76. The van der Waals surface area contributed by atoms with E-state index in [2.05, 4.69) is 34.1 Å². The van der Waals surface area contributed by atoms with Crippen molar-refractivity contribution in [3.05, 3.63) is 44.6 Å². The molecule has 1 aromatic heterocycles. The van der Waals surface area contributed by atoms with Gasteiger partial charge in [-0.3, -0.25) is 9.69 Å². The molecular weight excluding hydrogens is 420 g/mol. The molecular formula is C26H34N2O3S. The summed E-state index contributed by atoms with van der Waals surface area (Å²) in [6.45, 7) is 8.45. The van der Waals surface area contributed by atoms with E-state index in [0.717, 1.165) is 106 Å². The van der Waals surface area contributed by atoms with Gasteiger partial charge < -0.3 is 14.0 Å². The van der Waals surface area contributed by atoms with Crippen molar-refractivity contribution in [1.29, 1.82) is 0 Å². The molecule has 0 unspecified atom stereocenters. The number of aryl methyl sites for hydroxylation is 3. The van der Waals surface area contributed by atoms with Crippen molar-refractivity contribution >= 4 is 28.2 Å². The van der Waals surface area contributed by atoms with Crippen molar-refractivity contribution in [3.8, 4) is 5.75 Å². The monoisotopic (exact) mass is 454 g/mol. The summed E-state index contributed by atoms with van der Waals surface area (Å²) in [6, 6.07) is 2.22. The molecule has 1 aromatic carbocycles. The summed E-state index contributed by atoms with van der Waals surface area (Å²) in [5.41, 5.74) is 5.90. The standard InChI is InChI=1S/C26H34N2O3S/c1-2-12-31-23-16-19-5-3-6-21(19)24-25(23)28(9-4-8-27-10-13-30-14-11-27)17-22(26(24)29)20-7-15-32-18-20/h16-18H,2-15H2,1H3. The molecule has 3 heterocycles. The number of fused-ring (bicyclic) bond motifs is 3. The molecule has 2 aliphatic heterocycles. The molecule has 3 aliphatic rings. The van der Waals surface area contributed by atoms with E-state index >= 15 is 0 Å². The summed E-state index contributed by atoms with van der Waals surface area (Å²) in [5, 5.41) is 3.12. The van der Waals surface area contributed by atoms with Gasteiger partial charge in [0.15, 0.2) is 5.43 Å². The Balaban J connectivity index is 1.59. The van der Waals surface area contributed by atoms with Crippen LogP contribution in [0.4, 0.5) is 0 Å². The number of nitrogens with zero attached hydrogens (tertiary/aromatic N) is 2. The third kappa shape index (κ3) is 4.37. The van der Waals surface area contributed by atoms with Crippen molar-refractivity contribution < 1.29 is 9.47 Å².